The van der Waals surface area contributed by atoms with Crippen LogP contribution in [0.2, 0.25) is 0 Å². The maximum Gasteiger partial charge on any atom is 0.347 e. The second kappa shape index (κ2) is 8.07. The number of anilines is 1. The summed E-state index contributed by atoms with van der Waals surface area (Å²) in [5.74, 6) is -0.295. The number of nitro groups is 1. The van der Waals surface area contributed by atoms with Gasteiger partial charge in [0.25, 0.3) is 5.91 Å². The van der Waals surface area contributed by atoms with Crippen LogP contribution in [0.5, 0.6) is 5.75 Å². The summed E-state index contributed by atoms with van der Waals surface area (Å²) in [6.45, 7) is 0. The lowest BCUT2D eigenvalue weighted by atomic mass is 10.1. The maximum absolute atomic E-state index is 12.5. The van der Waals surface area contributed by atoms with Crippen LogP contribution >= 0.6 is 0 Å². The second-order valence-electron chi connectivity index (χ2n) is 6.50. The minimum Gasteiger partial charge on any atom is -0.490 e. The third-order valence-corrected chi connectivity index (χ3v) is 4.56. The normalized spacial score (nSPS) is 10.6. The lowest BCUT2D eigenvalue weighted by Crippen LogP contribution is -2.12. The van der Waals surface area contributed by atoms with E-state index in [9.17, 15) is 19.7 Å². The zero-order valence-corrected chi connectivity index (χ0v) is 16.2. The molecule has 0 spiro atoms. The first kappa shape index (κ1) is 19.8. The van der Waals surface area contributed by atoms with Gasteiger partial charge in [0, 0.05) is 22.9 Å². The van der Waals surface area contributed by atoms with Crippen molar-refractivity contribution in [2.24, 2.45) is 0 Å². The van der Waals surface area contributed by atoms with Crippen LogP contribution in [-0.4, -0.2) is 22.9 Å². The summed E-state index contributed by atoms with van der Waals surface area (Å²) in [7, 11) is 1.32. The molecule has 0 unspecified atom stereocenters. The van der Waals surface area contributed by atoms with Crippen LogP contribution in [0, 0.1) is 10.1 Å². The van der Waals surface area contributed by atoms with Crippen molar-refractivity contribution in [3.8, 4) is 17.2 Å². The summed E-state index contributed by atoms with van der Waals surface area (Å²) in [5.41, 5.74) is 0.851. The van der Waals surface area contributed by atoms with Gasteiger partial charge in [0.15, 0.2) is 5.75 Å². The van der Waals surface area contributed by atoms with Crippen molar-refractivity contribution in [3.05, 3.63) is 92.8 Å². The van der Waals surface area contributed by atoms with Crippen LogP contribution < -0.4 is 15.7 Å². The number of nitrogens with one attached hydrogen (secondary N) is 1. The minimum absolute atomic E-state index is 0.0651. The van der Waals surface area contributed by atoms with E-state index in [1.165, 1.54) is 19.2 Å². The van der Waals surface area contributed by atoms with Gasteiger partial charge >= 0.3 is 11.3 Å². The number of methoxy groups -OCH3 is 1. The van der Waals surface area contributed by atoms with Crippen molar-refractivity contribution in [3.63, 3.8) is 0 Å². The molecule has 9 heteroatoms. The van der Waals surface area contributed by atoms with Crippen LogP contribution in [0.3, 0.4) is 0 Å². The van der Waals surface area contributed by atoms with Gasteiger partial charge in [-0.05, 0) is 48.5 Å². The highest BCUT2D eigenvalue weighted by molar-refractivity contribution is 6.05. The van der Waals surface area contributed by atoms with Crippen LogP contribution in [0.15, 0.2) is 75.9 Å². The number of nitrogens with zero attached hydrogens (tertiary/aromatic N) is 2. The highest BCUT2D eigenvalue weighted by atomic mass is 16.6. The number of carbonyl (C=O) groups is 1. The van der Waals surface area contributed by atoms with E-state index >= 15 is 0 Å². The number of rotatable bonds is 5. The Morgan fingerprint density at radius 3 is 2.55 bits per heavy atom. The monoisotopic (exact) mass is 417 g/mol. The van der Waals surface area contributed by atoms with E-state index in [-0.39, 0.29) is 22.9 Å². The predicted molar refractivity (Wildman–Crippen MR) is 113 cm³/mol. The molecule has 0 aliphatic carbocycles. The molecule has 0 radical (unpaired) electrons. The van der Waals surface area contributed by atoms with Gasteiger partial charge in [0.05, 0.1) is 22.9 Å². The van der Waals surface area contributed by atoms with E-state index in [0.717, 1.165) is 6.07 Å². The Morgan fingerprint density at radius 1 is 1.10 bits per heavy atom. The summed E-state index contributed by atoms with van der Waals surface area (Å²) < 4.78 is 10.2. The topological polar surface area (TPSA) is 125 Å². The van der Waals surface area contributed by atoms with E-state index in [0.29, 0.717) is 22.2 Å². The molecule has 4 aromatic rings. The molecule has 0 fully saturated rings. The number of nitro benzene ring substituents is 1. The van der Waals surface area contributed by atoms with Crippen molar-refractivity contribution in [1.29, 1.82) is 0 Å². The van der Waals surface area contributed by atoms with Gasteiger partial charge < -0.3 is 14.5 Å². The lowest BCUT2D eigenvalue weighted by molar-refractivity contribution is -0.385. The molecule has 0 saturated heterocycles. The molecule has 0 bridgehead atoms. The average Bonchev–Trinajstić information content (AvgIpc) is 2.79. The van der Waals surface area contributed by atoms with E-state index < -0.39 is 16.5 Å². The van der Waals surface area contributed by atoms with Crippen molar-refractivity contribution >= 4 is 28.2 Å². The molecule has 9 nitrogen and oxygen atoms in total. The predicted octanol–water partition coefficient (Wildman–Crippen LogP) is 4.02. The van der Waals surface area contributed by atoms with E-state index in [1.54, 1.807) is 48.5 Å². The standard InChI is InChI=1S/C22H15N3O6/c1-30-19-11-8-14(12-18(19)25(28)29)20(26)23-15-9-6-13(7-10-15)21-24-17-5-3-2-4-16(17)22(27)31-21/h2-12H,1H3,(H,23,26). The largest absolute Gasteiger partial charge is 0.490 e. The van der Waals surface area contributed by atoms with Crippen LogP contribution in [0.25, 0.3) is 22.4 Å². The molecule has 4 rings (SSSR count). The summed E-state index contributed by atoms with van der Waals surface area (Å²) in [5, 5.41) is 14.2. The Bertz CT molecular complexity index is 1360. The Hall–Kier alpha value is -4.53. The van der Waals surface area contributed by atoms with E-state index in [2.05, 4.69) is 10.3 Å². The lowest BCUT2D eigenvalue weighted by Gasteiger charge is -2.08. The molecule has 1 N–H and O–H groups in total. The Kier molecular flexibility index (Phi) is 5.15. The third kappa shape index (κ3) is 3.97. The number of fused-ring (bicyclic) bond motifs is 1. The van der Waals surface area contributed by atoms with Gasteiger partial charge in [0.1, 0.15) is 0 Å². The van der Waals surface area contributed by atoms with Gasteiger partial charge in [-0.1, -0.05) is 12.1 Å². The average molecular weight is 417 g/mol. The highest BCUT2D eigenvalue weighted by Crippen LogP contribution is 2.28. The molecular formula is C22H15N3O6. The van der Waals surface area contributed by atoms with Crippen LogP contribution in [0.4, 0.5) is 11.4 Å². The first-order chi connectivity index (χ1) is 15.0. The number of amides is 1. The second-order valence-corrected chi connectivity index (χ2v) is 6.50. The molecule has 1 aromatic heterocycles. The smallest absolute Gasteiger partial charge is 0.347 e. The van der Waals surface area contributed by atoms with E-state index in [1.807, 2.05) is 0 Å². The van der Waals surface area contributed by atoms with Crippen molar-refractivity contribution < 1.29 is 18.9 Å². The summed E-state index contributed by atoms with van der Waals surface area (Å²) in [6.07, 6.45) is 0. The molecular weight excluding hydrogens is 402 g/mol. The number of hydrogen-bond donors (Lipinski definition) is 1. The summed E-state index contributed by atoms with van der Waals surface area (Å²) in [6, 6.07) is 17.3. The van der Waals surface area contributed by atoms with Crippen molar-refractivity contribution in [2.75, 3.05) is 12.4 Å². The summed E-state index contributed by atoms with van der Waals surface area (Å²) in [4.78, 5) is 39.5. The molecule has 1 heterocycles. The number of para-hydroxylation sites is 1. The molecule has 0 saturated carbocycles. The Balaban J connectivity index is 1.57. The van der Waals surface area contributed by atoms with Gasteiger partial charge in [-0.25, -0.2) is 9.78 Å². The zero-order valence-electron chi connectivity index (χ0n) is 16.2. The fourth-order valence-electron chi connectivity index (χ4n) is 3.02. The molecule has 0 atom stereocenters. The molecule has 3 aromatic carbocycles. The Labute approximate surface area is 175 Å². The van der Waals surface area contributed by atoms with Gasteiger partial charge in [-0.2, -0.15) is 0 Å². The van der Waals surface area contributed by atoms with Gasteiger partial charge in [-0.3, -0.25) is 14.9 Å². The fourth-order valence-corrected chi connectivity index (χ4v) is 3.02. The number of carbonyl (C=O) groups excluding carboxylic acids is 1. The van der Waals surface area contributed by atoms with E-state index in [4.69, 9.17) is 9.15 Å². The fraction of sp³-hybridized carbons (Fsp3) is 0.0455. The Morgan fingerprint density at radius 2 is 1.84 bits per heavy atom. The molecule has 0 aliphatic heterocycles. The number of benzene rings is 3. The quantitative estimate of drug-likeness (QED) is 0.384. The van der Waals surface area contributed by atoms with Gasteiger partial charge in [0.2, 0.25) is 5.89 Å². The minimum atomic E-state index is -0.616. The molecule has 154 valence electrons. The third-order valence-electron chi connectivity index (χ3n) is 4.56. The van der Waals surface area contributed by atoms with Crippen LogP contribution in [-0.2, 0) is 0 Å². The molecule has 0 aliphatic rings. The number of aromatic nitrogens is 1. The van der Waals surface area contributed by atoms with Gasteiger partial charge in [-0.15, -0.1) is 0 Å². The highest BCUT2D eigenvalue weighted by Gasteiger charge is 2.18. The molecule has 31 heavy (non-hydrogen) atoms. The zero-order chi connectivity index (χ0) is 22.0. The first-order valence-corrected chi connectivity index (χ1v) is 9.10. The van der Waals surface area contributed by atoms with Crippen molar-refractivity contribution in [2.45, 2.75) is 0 Å². The number of hydrogen-bond acceptors (Lipinski definition) is 7. The SMILES string of the molecule is COc1ccc(C(=O)Nc2ccc(-c3nc4ccccc4c(=O)o3)cc2)cc1[N+](=O)[O-]. The first-order valence-electron chi connectivity index (χ1n) is 9.10. The number of ether oxygens (including phenoxy) is 1. The summed E-state index contributed by atoms with van der Waals surface area (Å²) >= 11 is 0. The van der Waals surface area contributed by atoms with Crippen LogP contribution in [0.1, 0.15) is 10.4 Å². The van der Waals surface area contributed by atoms with Crippen molar-refractivity contribution in [1.82, 2.24) is 4.98 Å². The molecule has 1 amide bonds. The maximum atomic E-state index is 12.5.